The molecule has 0 radical (unpaired) electrons. The van der Waals surface area contributed by atoms with Gasteiger partial charge in [0.2, 0.25) is 11.8 Å². The van der Waals surface area contributed by atoms with Gasteiger partial charge in [-0.05, 0) is 32.4 Å². The summed E-state index contributed by atoms with van der Waals surface area (Å²) in [6, 6.07) is 4.45. The first-order valence-corrected chi connectivity index (χ1v) is 10.2. The van der Waals surface area contributed by atoms with Crippen LogP contribution in [-0.2, 0) is 20.9 Å². The zero-order valence-electron chi connectivity index (χ0n) is 17.2. The van der Waals surface area contributed by atoms with E-state index in [0.29, 0.717) is 36.4 Å². The molecule has 1 atom stereocenters. The molecule has 9 nitrogen and oxygen atoms in total. The van der Waals surface area contributed by atoms with Crippen molar-refractivity contribution in [3.63, 3.8) is 0 Å². The summed E-state index contributed by atoms with van der Waals surface area (Å²) < 4.78 is 5.81. The number of ether oxygens (including phenoxy) is 1. The van der Waals surface area contributed by atoms with Crippen LogP contribution in [-0.4, -0.2) is 71.3 Å². The lowest BCUT2D eigenvalue weighted by Crippen LogP contribution is -2.59. The standard InChI is InChI=1S/C21H26N4O5/c1-21(2)12-24(9-8-22-21)18(27)11-30-16-5-3-4-13-14(16)10-25(20(13)29)15-6-7-17(26)23-19(15)28/h3-5,15,22H,6-12H2,1-2H3,(H,23,26,28). The minimum absolute atomic E-state index is 0.103. The number of hydrogen-bond donors (Lipinski definition) is 2. The molecular weight excluding hydrogens is 388 g/mol. The number of carbonyl (C=O) groups excluding carboxylic acids is 4. The van der Waals surface area contributed by atoms with Gasteiger partial charge in [-0.2, -0.15) is 0 Å². The molecule has 0 spiro atoms. The summed E-state index contributed by atoms with van der Waals surface area (Å²) in [5.74, 6) is -0.669. The summed E-state index contributed by atoms with van der Waals surface area (Å²) in [5, 5.41) is 5.66. The molecule has 160 valence electrons. The third kappa shape index (κ3) is 3.89. The van der Waals surface area contributed by atoms with E-state index in [1.165, 1.54) is 4.90 Å². The first-order chi connectivity index (χ1) is 14.2. The molecule has 1 aromatic carbocycles. The van der Waals surface area contributed by atoms with Crippen LogP contribution in [0.15, 0.2) is 18.2 Å². The Morgan fingerprint density at radius 3 is 2.80 bits per heavy atom. The predicted molar refractivity (Wildman–Crippen MR) is 107 cm³/mol. The van der Waals surface area contributed by atoms with Gasteiger partial charge in [-0.25, -0.2) is 0 Å². The molecule has 0 aliphatic carbocycles. The number of benzene rings is 1. The van der Waals surface area contributed by atoms with Gasteiger partial charge in [0, 0.05) is 42.7 Å². The monoisotopic (exact) mass is 414 g/mol. The molecule has 4 amide bonds. The van der Waals surface area contributed by atoms with Gasteiger partial charge in [-0.3, -0.25) is 24.5 Å². The number of nitrogens with zero attached hydrogens (tertiary/aromatic N) is 2. The quantitative estimate of drug-likeness (QED) is 0.674. The van der Waals surface area contributed by atoms with Crippen molar-refractivity contribution < 1.29 is 23.9 Å². The number of hydrogen-bond acceptors (Lipinski definition) is 6. The van der Waals surface area contributed by atoms with Gasteiger partial charge in [-0.15, -0.1) is 0 Å². The summed E-state index contributed by atoms with van der Waals surface area (Å²) in [6.45, 7) is 6.16. The summed E-state index contributed by atoms with van der Waals surface area (Å²) in [4.78, 5) is 52.3. The van der Waals surface area contributed by atoms with Crippen LogP contribution in [0.4, 0.5) is 0 Å². The van der Waals surface area contributed by atoms with Crippen LogP contribution in [0.2, 0.25) is 0 Å². The van der Waals surface area contributed by atoms with Gasteiger partial charge in [0.15, 0.2) is 6.61 Å². The normalized spacial score (nSPS) is 23.3. The Morgan fingerprint density at radius 2 is 2.07 bits per heavy atom. The summed E-state index contributed by atoms with van der Waals surface area (Å²) in [5.41, 5.74) is 0.991. The van der Waals surface area contributed by atoms with Gasteiger partial charge >= 0.3 is 0 Å². The maximum absolute atomic E-state index is 12.9. The molecule has 2 N–H and O–H groups in total. The number of rotatable bonds is 4. The second kappa shape index (κ2) is 7.71. The number of imide groups is 1. The van der Waals surface area contributed by atoms with Crippen molar-refractivity contribution in [3.05, 3.63) is 29.3 Å². The average molecular weight is 414 g/mol. The Labute approximate surface area is 174 Å². The Hall–Kier alpha value is -2.94. The van der Waals surface area contributed by atoms with Crippen LogP contribution < -0.4 is 15.4 Å². The molecule has 0 saturated carbocycles. The van der Waals surface area contributed by atoms with Gasteiger partial charge in [0.05, 0.1) is 6.54 Å². The molecule has 2 saturated heterocycles. The van der Waals surface area contributed by atoms with E-state index >= 15 is 0 Å². The molecule has 0 aromatic heterocycles. The van der Waals surface area contributed by atoms with Crippen molar-refractivity contribution in [2.75, 3.05) is 26.2 Å². The van der Waals surface area contributed by atoms with Crippen LogP contribution in [0.25, 0.3) is 0 Å². The Morgan fingerprint density at radius 1 is 1.27 bits per heavy atom. The van der Waals surface area contributed by atoms with E-state index in [1.807, 2.05) is 13.8 Å². The lowest BCUT2D eigenvalue weighted by Gasteiger charge is -2.39. The van der Waals surface area contributed by atoms with Crippen LogP contribution in [0.1, 0.15) is 42.6 Å². The van der Waals surface area contributed by atoms with E-state index in [-0.39, 0.29) is 42.8 Å². The SMILES string of the molecule is CC1(C)CN(C(=O)COc2cccc3c2CN(C2CCC(=O)NC2=O)C3=O)CCN1. The smallest absolute Gasteiger partial charge is 0.260 e. The lowest BCUT2D eigenvalue weighted by molar-refractivity contribution is -0.137. The second-order valence-electron chi connectivity index (χ2n) is 8.60. The topological polar surface area (TPSA) is 108 Å². The molecule has 4 rings (SSSR count). The summed E-state index contributed by atoms with van der Waals surface area (Å²) in [6.07, 6.45) is 0.507. The Kier molecular flexibility index (Phi) is 5.23. The third-order valence-corrected chi connectivity index (χ3v) is 5.81. The van der Waals surface area contributed by atoms with Gasteiger partial charge in [0.1, 0.15) is 11.8 Å². The van der Waals surface area contributed by atoms with E-state index in [1.54, 1.807) is 23.1 Å². The van der Waals surface area contributed by atoms with Crippen molar-refractivity contribution in [1.82, 2.24) is 20.4 Å². The van der Waals surface area contributed by atoms with E-state index in [2.05, 4.69) is 10.6 Å². The highest BCUT2D eigenvalue weighted by Crippen LogP contribution is 2.33. The largest absolute Gasteiger partial charge is 0.483 e. The van der Waals surface area contributed by atoms with Gasteiger partial charge < -0.3 is 19.9 Å². The van der Waals surface area contributed by atoms with E-state index < -0.39 is 11.9 Å². The van der Waals surface area contributed by atoms with Crippen molar-refractivity contribution >= 4 is 23.6 Å². The fourth-order valence-corrected chi connectivity index (χ4v) is 4.28. The second-order valence-corrected chi connectivity index (χ2v) is 8.60. The third-order valence-electron chi connectivity index (χ3n) is 5.81. The molecule has 30 heavy (non-hydrogen) atoms. The maximum Gasteiger partial charge on any atom is 0.260 e. The molecule has 3 heterocycles. The fraction of sp³-hybridized carbons (Fsp3) is 0.524. The summed E-state index contributed by atoms with van der Waals surface area (Å²) in [7, 11) is 0. The minimum atomic E-state index is -0.680. The molecule has 1 unspecified atom stereocenters. The number of nitrogens with one attached hydrogen (secondary N) is 2. The van der Waals surface area contributed by atoms with Gasteiger partial charge in [0.25, 0.3) is 11.8 Å². The first-order valence-electron chi connectivity index (χ1n) is 10.2. The number of piperazine rings is 1. The summed E-state index contributed by atoms with van der Waals surface area (Å²) >= 11 is 0. The van der Waals surface area contributed by atoms with E-state index in [0.717, 1.165) is 6.54 Å². The van der Waals surface area contributed by atoms with Crippen LogP contribution in [0, 0.1) is 0 Å². The van der Waals surface area contributed by atoms with Crippen LogP contribution in [0.3, 0.4) is 0 Å². The highest BCUT2D eigenvalue weighted by Gasteiger charge is 2.40. The van der Waals surface area contributed by atoms with Gasteiger partial charge in [-0.1, -0.05) is 6.07 Å². The molecule has 3 aliphatic rings. The zero-order chi connectivity index (χ0) is 21.5. The van der Waals surface area contributed by atoms with Crippen molar-refractivity contribution in [3.8, 4) is 5.75 Å². The highest BCUT2D eigenvalue weighted by molar-refractivity contribution is 6.05. The molecular formula is C21H26N4O5. The van der Waals surface area contributed by atoms with E-state index in [9.17, 15) is 19.2 Å². The lowest BCUT2D eigenvalue weighted by atomic mass is 10.0. The number of fused-ring (bicyclic) bond motifs is 1. The number of piperidine rings is 1. The fourth-order valence-electron chi connectivity index (χ4n) is 4.28. The van der Waals surface area contributed by atoms with Crippen molar-refractivity contribution in [1.29, 1.82) is 0 Å². The van der Waals surface area contributed by atoms with Crippen molar-refractivity contribution in [2.45, 2.75) is 44.8 Å². The molecule has 9 heteroatoms. The number of amides is 4. The van der Waals surface area contributed by atoms with Crippen molar-refractivity contribution in [2.24, 2.45) is 0 Å². The average Bonchev–Trinajstić information content (AvgIpc) is 3.02. The molecule has 1 aromatic rings. The Balaban J connectivity index is 1.44. The highest BCUT2D eigenvalue weighted by atomic mass is 16.5. The maximum atomic E-state index is 12.9. The van der Waals surface area contributed by atoms with E-state index in [4.69, 9.17) is 4.74 Å². The predicted octanol–water partition coefficient (Wildman–Crippen LogP) is 0.0368. The Bertz CT molecular complexity index is 913. The zero-order valence-corrected chi connectivity index (χ0v) is 17.2. The van der Waals surface area contributed by atoms with Crippen LogP contribution in [0.5, 0.6) is 5.75 Å². The minimum Gasteiger partial charge on any atom is -0.483 e. The first kappa shape index (κ1) is 20.3. The van der Waals surface area contributed by atoms with Crippen LogP contribution >= 0.6 is 0 Å². The molecule has 2 fully saturated rings. The number of carbonyl (C=O) groups is 4. The molecule has 3 aliphatic heterocycles. The molecule has 0 bridgehead atoms.